The number of piperidine rings is 2. The Labute approximate surface area is 150 Å². The highest BCUT2D eigenvalue weighted by Crippen LogP contribution is 2.44. The Morgan fingerprint density at radius 3 is 2.40 bits per heavy atom. The van der Waals surface area contributed by atoms with Crippen molar-refractivity contribution < 1.29 is 19.1 Å². The molecule has 2 saturated heterocycles. The smallest absolute Gasteiger partial charge is 0.410 e. The van der Waals surface area contributed by atoms with E-state index < -0.39 is 5.60 Å². The zero-order valence-electron chi connectivity index (χ0n) is 15.8. The number of cyclic esters (lactones) is 1. The lowest BCUT2D eigenvalue weighted by atomic mass is 9.69. The number of hydrogen-bond acceptors (Lipinski definition) is 5. The Balaban J connectivity index is 1.55. The highest BCUT2D eigenvalue weighted by Gasteiger charge is 2.42. The third-order valence-electron chi connectivity index (χ3n) is 5.64. The first-order chi connectivity index (χ1) is 11.7. The van der Waals surface area contributed by atoms with E-state index in [-0.39, 0.29) is 12.1 Å². The molecule has 25 heavy (non-hydrogen) atoms. The molecular formula is C19H30N2O4. The van der Waals surface area contributed by atoms with Gasteiger partial charge in [0.25, 0.3) is 0 Å². The number of rotatable bonds is 1. The highest BCUT2D eigenvalue weighted by atomic mass is 16.6. The Hall–Kier alpha value is -1.72. The van der Waals surface area contributed by atoms with Gasteiger partial charge in [0.2, 0.25) is 0 Å². The van der Waals surface area contributed by atoms with E-state index in [2.05, 4.69) is 11.8 Å². The van der Waals surface area contributed by atoms with Crippen molar-refractivity contribution in [2.75, 3.05) is 26.2 Å². The van der Waals surface area contributed by atoms with Gasteiger partial charge in [0, 0.05) is 31.8 Å². The van der Waals surface area contributed by atoms with Crippen LogP contribution in [0, 0.1) is 5.41 Å². The average Bonchev–Trinajstić information content (AvgIpc) is 2.92. The molecule has 1 spiro atoms. The summed E-state index contributed by atoms with van der Waals surface area (Å²) in [4.78, 5) is 27.7. The summed E-state index contributed by atoms with van der Waals surface area (Å²) < 4.78 is 10.5. The Kier molecular flexibility index (Phi) is 4.73. The summed E-state index contributed by atoms with van der Waals surface area (Å²) in [6.45, 7) is 10.8. The first-order valence-electron chi connectivity index (χ1n) is 9.29. The minimum absolute atomic E-state index is 0.195. The molecule has 3 aliphatic rings. The van der Waals surface area contributed by atoms with Crippen LogP contribution in [0.3, 0.4) is 0 Å². The van der Waals surface area contributed by atoms with Crippen molar-refractivity contribution in [2.45, 2.75) is 65.0 Å². The second kappa shape index (κ2) is 6.54. The molecule has 0 radical (unpaired) electrons. The van der Waals surface area contributed by atoms with Crippen molar-refractivity contribution in [1.82, 2.24) is 9.80 Å². The Morgan fingerprint density at radius 2 is 1.88 bits per heavy atom. The molecule has 3 rings (SSSR count). The monoisotopic (exact) mass is 350 g/mol. The van der Waals surface area contributed by atoms with E-state index in [4.69, 9.17) is 9.47 Å². The van der Waals surface area contributed by atoms with Crippen molar-refractivity contribution in [3.05, 3.63) is 11.8 Å². The molecule has 2 fully saturated rings. The van der Waals surface area contributed by atoms with Crippen LogP contribution in [-0.2, 0) is 14.3 Å². The van der Waals surface area contributed by atoms with Crippen LogP contribution in [0.2, 0.25) is 0 Å². The minimum atomic E-state index is -0.444. The van der Waals surface area contributed by atoms with Crippen molar-refractivity contribution in [3.8, 4) is 0 Å². The number of nitrogens with zero attached hydrogens (tertiary/aromatic N) is 2. The highest BCUT2D eigenvalue weighted by molar-refractivity contribution is 5.85. The first-order valence-corrected chi connectivity index (χ1v) is 9.29. The van der Waals surface area contributed by atoms with Crippen molar-refractivity contribution in [3.63, 3.8) is 0 Å². The van der Waals surface area contributed by atoms with Gasteiger partial charge in [0.05, 0.1) is 5.70 Å². The molecule has 0 bridgehead atoms. The topological polar surface area (TPSA) is 59.1 Å². The molecule has 0 aromatic carbocycles. The second-order valence-electron chi connectivity index (χ2n) is 8.71. The average molecular weight is 350 g/mol. The summed E-state index contributed by atoms with van der Waals surface area (Å²) in [6.07, 6.45) is 5.68. The predicted molar refractivity (Wildman–Crippen MR) is 93.9 cm³/mol. The predicted octanol–water partition coefficient (Wildman–Crippen LogP) is 2.93. The van der Waals surface area contributed by atoms with E-state index in [1.165, 1.54) is 0 Å². The fourth-order valence-corrected chi connectivity index (χ4v) is 4.32. The molecule has 1 amide bonds. The number of esters is 1. The third-order valence-corrected chi connectivity index (χ3v) is 5.64. The van der Waals surface area contributed by atoms with Crippen LogP contribution in [-0.4, -0.2) is 59.7 Å². The number of ether oxygens (including phenoxy) is 2. The van der Waals surface area contributed by atoms with Gasteiger partial charge in [-0.2, -0.15) is 0 Å². The fourth-order valence-electron chi connectivity index (χ4n) is 4.32. The molecule has 0 saturated carbocycles. The normalized spacial score (nSPS) is 26.5. The van der Waals surface area contributed by atoms with E-state index in [1.807, 2.05) is 25.7 Å². The van der Waals surface area contributed by atoms with Crippen LogP contribution in [0.1, 0.15) is 53.4 Å². The molecule has 0 aliphatic carbocycles. The third kappa shape index (κ3) is 4.10. The molecule has 0 aromatic heterocycles. The van der Waals surface area contributed by atoms with Gasteiger partial charge in [-0.25, -0.2) is 9.59 Å². The van der Waals surface area contributed by atoms with Gasteiger partial charge < -0.3 is 19.3 Å². The standard InChI is InChI=1S/C19H30N2O4/c1-14-12-19(7-10-21(14)15-11-16(22)24-13-15)5-8-20(9-6-19)17(23)25-18(2,3)4/h11,14H,5-10,12-13H2,1-4H3. The molecule has 1 atom stereocenters. The number of likely N-dealkylation sites (tertiary alicyclic amines) is 2. The van der Waals surface area contributed by atoms with Crippen LogP contribution < -0.4 is 0 Å². The van der Waals surface area contributed by atoms with Crippen LogP contribution in [0.25, 0.3) is 0 Å². The van der Waals surface area contributed by atoms with E-state index in [0.717, 1.165) is 51.0 Å². The number of amides is 1. The van der Waals surface area contributed by atoms with E-state index in [9.17, 15) is 9.59 Å². The van der Waals surface area contributed by atoms with Crippen LogP contribution in [0.4, 0.5) is 4.79 Å². The molecule has 0 aromatic rings. The van der Waals surface area contributed by atoms with Crippen LogP contribution >= 0.6 is 0 Å². The molecule has 6 heteroatoms. The van der Waals surface area contributed by atoms with E-state index in [0.29, 0.717) is 18.1 Å². The largest absolute Gasteiger partial charge is 0.456 e. The van der Waals surface area contributed by atoms with Gasteiger partial charge in [-0.15, -0.1) is 0 Å². The summed E-state index contributed by atoms with van der Waals surface area (Å²) in [7, 11) is 0. The maximum atomic E-state index is 12.2. The van der Waals surface area contributed by atoms with Crippen molar-refractivity contribution in [2.24, 2.45) is 5.41 Å². The number of hydrogen-bond donors (Lipinski definition) is 0. The molecule has 0 N–H and O–H groups in total. The molecule has 3 heterocycles. The zero-order chi connectivity index (χ0) is 18.2. The SMILES string of the molecule is CC1CC2(CCN(C(=O)OC(C)(C)C)CC2)CCN1C1=CC(=O)OC1. The minimum Gasteiger partial charge on any atom is -0.456 e. The Bertz CT molecular complexity index is 570. The van der Waals surface area contributed by atoms with Crippen LogP contribution in [0.5, 0.6) is 0 Å². The van der Waals surface area contributed by atoms with Crippen LogP contribution in [0.15, 0.2) is 11.8 Å². The molecular weight excluding hydrogens is 320 g/mol. The van der Waals surface area contributed by atoms with Gasteiger partial charge in [0.1, 0.15) is 12.2 Å². The van der Waals surface area contributed by atoms with Gasteiger partial charge in [-0.1, -0.05) is 0 Å². The molecule has 6 nitrogen and oxygen atoms in total. The fraction of sp³-hybridized carbons (Fsp3) is 0.789. The lowest BCUT2D eigenvalue weighted by Gasteiger charge is -2.50. The summed E-state index contributed by atoms with van der Waals surface area (Å²) >= 11 is 0. The summed E-state index contributed by atoms with van der Waals surface area (Å²) in [5.41, 5.74) is 0.873. The van der Waals surface area contributed by atoms with E-state index >= 15 is 0 Å². The van der Waals surface area contributed by atoms with E-state index in [1.54, 1.807) is 6.08 Å². The summed E-state index contributed by atoms with van der Waals surface area (Å²) in [5, 5.41) is 0. The molecule has 3 aliphatic heterocycles. The van der Waals surface area contributed by atoms with Gasteiger partial charge in [-0.05, 0) is 58.8 Å². The van der Waals surface area contributed by atoms with Gasteiger partial charge >= 0.3 is 12.1 Å². The first kappa shape index (κ1) is 18.1. The van der Waals surface area contributed by atoms with Crippen molar-refractivity contribution in [1.29, 1.82) is 0 Å². The number of carbonyl (C=O) groups is 2. The molecule has 1 unspecified atom stereocenters. The Morgan fingerprint density at radius 1 is 1.24 bits per heavy atom. The maximum Gasteiger partial charge on any atom is 0.410 e. The maximum absolute atomic E-state index is 12.2. The quantitative estimate of drug-likeness (QED) is 0.681. The summed E-state index contributed by atoms with van der Waals surface area (Å²) in [5.74, 6) is -0.229. The van der Waals surface area contributed by atoms with Gasteiger partial charge in [0.15, 0.2) is 0 Å². The molecule has 140 valence electrons. The summed E-state index contributed by atoms with van der Waals surface area (Å²) in [6, 6.07) is 0.391. The number of carbonyl (C=O) groups excluding carboxylic acids is 2. The zero-order valence-corrected chi connectivity index (χ0v) is 15.8. The lowest BCUT2D eigenvalue weighted by molar-refractivity contribution is -0.135. The lowest BCUT2D eigenvalue weighted by Crippen LogP contribution is -2.51. The van der Waals surface area contributed by atoms with Gasteiger partial charge in [-0.3, -0.25) is 0 Å². The van der Waals surface area contributed by atoms with Crippen molar-refractivity contribution >= 4 is 12.1 Å². The second-order valence-corrected chi connectivity index (χ2v) is 8.71.